The number of carbonyl (C=O) groups is 1. The van der Waals surface area contributed by atoms with E-state index in [0.29, 0.717) is 24.6 Å². The van der Waals surface area contributed by atoms with Gasteiger partial charge in [-0.1, -0.05) is 30.3 Å². The van der Waals surface area contributed by atoms with Crippen LogP contribution in [0.4, 0.5) is 0 Å². The van der Waals surface area contributed by atoms with Gasteiger partial charge in [0.15, 0.2) is 11.5 Å². The molecule has 2 aromatic carbocycles. The molecule has 5 rings (SSSR count). The van der Waals surface area contributed by atoms with Gasteiger partial charge in [0.1, 0.15) is 18.0 Å². The first kappa shape index (κ1) is 16.5. The molecule has 1 unspecified atom stereocenters. The zero-order valence-electron chi connectivity index (χ0n) is 15.2. The van der Waals surface area contributed by atoms with Gasteiger partial charge < -0.3 is 19.1 Å². The molecule has 1 spiro atoms. The van der Waals surface area contributed by atoms with Gasteiger partial charge in [-0.3, -0.25) is 4.79 Å². The van der Waals surface area contributed by atoms with Crippen LogP contribution < -0.4 is 14.2 Å². The van der Waals surface area contributed by atoms with Crippen LogP contribution in [0.2, 0.25) is 0 Å². The molecule has 1 fully saturated rings. The number of benzene rings is 2. The summed E-state index contributed by atoms with van der Waals surface area (Å²) in [7, 11) is 0. The first-order valence-electron chi connectivity index (χ1n) is 9.67. The summed E-state index contributed by atoms with van der Waals surface area (Å²) in [5.74, 6) is 2.36. The van der Waals surface area contributed by atoms with Gasteiger partial charge in [0.25, 0.3) is 5.91 Å². The zero-order valence-corrected chi connectivity index (χ0v) is 15.2. The van der Waals surface area contributed by atoms with E-state index in [1.54, 1.807) is 0 Å². The van der Waals surface area contributed by atoms with E-state index in [9.17, 15) is 4.79 Å². The minimum absolute atomic E-state index is 0.00978. The highest BCUT2D eigenvalue weighted by atomic mass is 16.6. The molecule has 140 valence electrons. The van der Waals surface area contributed by atoms with Gasteiger partial charge in [-0.05, 0) is 36.6 Å². The summed E-state index contributed by atoms with van der Waals surface area (Å²) in [5.41, 5.74) is 1.15. The molecule has 3 aliphatic heterocycles. The maximum absolute atomic E-state index is 12.9. The SMILES string of the molecule is O=C(C1COc2ccccc2O1)N1CCC2(CCc3ccccc3O2)CC1. The molecular weight excluding hydrogens is 342 g/mol. The minimum Gasteiger partial charge on any atom is -0.487 e. The standard InChI is InChI=1S/C22H23NO4/c24-21(20-15-25-18-7-3-4-8-19(18)26-20)23-13-11-22(12-14-23)10-9-16-5-1-2-6-17(16)27-22/h1-8,20H,9-15H2. The number of aryl methyl sites for hydroxylation is 1. The fourth-order valence-corrected chi connectivity index (χ4v) is 4.29. The van der Waals surface area contributed by atoms with Crippen LogP contribution in [0.3, 0.4) is 0 Å². The summed E-state index contributed by atoms with van der Waals surface area (Å²) in [6, 6.07) is 15.8. The number of hydrogen-bond acceptors (Lipinski definition) is 4. The quantitative estimate of drug-likeness (QED) is 0.779. The maximum atomic E-state index is 12.9. The molecule has 3 heterocycles. The molecule has 27 heavy (non-hydrogen) atoms. The van der Waals surface area contributed by atoms with Crippen molar-refractivity contribution in [2.75, 3.05) is 19.7 Å². The molecular formula is C22H23NO4. The number of likely N-dealkylation sites (tertiary alicyclic amines) is 1. The molecule has 1 saturated heterocycles. The lowest BCUT2D eigenvalue weighted by molar-refractivity contribution is -0.145. The second-order valence-corrected chi connectivity index (χ2v) is 7.58. The molecule has 1 amide bonds. The Labute approximate surface area is 158 Å². The van der Waals surface area contributed by atoms with Gasteiger partial charge in [0.05, 0.1) is 0 Å². The van der Waals surface area contributed by atoms with Crippen molar-refractivity contribution in [2.45, 2.75) is 37.4 Å². The zero-order chi connectivity index (χ0) is 18.3. The van der Waals surface area contributed by atoms with Crippen molar-refractivity contribution in [3.05, 3.63) is 54.1 Å². The number of rotatable bonds is 1. The molecule has 0 saturated carbocycles. The number of hydrogen-bond donors (Lipinski definition) is 0. The minimum atomic E-state index is -0.568. The molecule has 2 aromatic rings. The van der Waals surface area contributed by atoms with Crippen LogP contribution in [-0.4, -0.2) is 42.2 Å². The third-order valence-electron chi connectivity index (χ3n) is 5.92. The van der Waals surface area contributed by atoms with Gasteiger partial charge >= 0.3 is 0 Å². The van der Waals surface area contributed by atoms with Gasteiger partial charge in [0, 0.05) is 25.9 Å². The van der Waals surface area contributed by atoms with Gasteiger partial charge in [0.2, 0.25) is 6.10 Å². The lowest BCUT2D eigenvalue weighted by atomic mass is 9.83. The van der Waals surface area contributed by atoms with Crippen LogP contribution in [0.5, 0.6) is 17.2 Å². The fraction of sp³-hybridized carbons (Fsp3) is 0.409. The predicted octanol–water partition coefficient (Wildman–Crippen LogP) is 3.21. The molecule has 1 atom stereocenters. The Hall–Kier alpha value is -2.69. The molecule has 0 aliphatic carbocycles. The van der Waals surface area contributed by atoms with Crippen molar-refractivity contribution >= 4 is 5.91 Å². The molecule has 0 N–H and O–H groups in total. The van der Waals surface area contributed by atoms with Crippen molar-refractivity contribution in [1.82, 2.24) is 4.90 Å². The fourth-order valence-electron chi connectivity index (χ4n) is 4.29. The third-order valence-corrected chi connectivity index (χ3v) is 5.92. The lowest BCUT2D eigenvalue weighted by Crippen LogP contribution is -2.54. The number of piperidine rings is 1. The Morgan fingerprint density at radius 2 is 1.63 bits per heavy atom. The summed E-state index contributed by atoms with van der Waals surface area (Å²) in [5, 5.41) is 0. The van der Waals surface area contributed by atoms with E-state index in [1.807, 2.05) is 35.2 Å². The van der Waals surface area contributed by atoms with E-state index in [4.69, 9.17) is 14.2 Å². The van der Waals surface area contributed by atoms with E-state index in [-0.39, 0.29) is 18.1 Å². The van der Waals surface area contributed by atoms with Crippen LogP contribution in [-0.2, 0) is 11.2 Å². The van der Waals surface area contributed by atoms with Crippen LogP contribution in [0.25, 0.3) is 0 Å². The van der Waals surface area contributed by atoms with Crippen molar-refractivity contribution in [2.24, 2.45) is 0 Å². The number of para-hydroxylation sites is 3. The highest BCUT2D eigenvalue weighted by Gasteiger charge is 2.42. The van der Waals surface area contributed by atoms with Crippen molar-refractivity contribution in [3.8, 4) is 17.2 Å². The summed E-state index contributed by atoms with van der Waals surface area (Å²) >= 11 is 0. The van der Waals surface area contributed by atoms with E-state index in [0.717, 1.165) is 31.4 Å². The maximum Gasteiger partial charge on any atom is 0.267 e. The monoisotopic (exact) mass is 365 g/mol. The topological polar surface area (TPSA) is 48.0 Å². The summed E-state index contributed by atoms with van der Waals surface area (Å²) in [6.45, 7) is 1.66. The highest BCUT2D eigenvalue weighted by molar-refractivity contribution is 5.82. The number of amides is 1. The predicted molar refractivity (Wildman–Crippen MR) is 100 cm³/mol. The Bertz CT molecular complexity index is 857. The second-order valence-electron chi connectivity index (χ2n) is 7.58. The van der Waals surface area contributed by atoms with Crippen LogP contribution in [0.1, 0.15) is 24.8 Å². The van der Waals surface area contributed by atoms with Gasteiger partial charge in [-0.25, -0.2) is 0 Å². The Kier molecular flexibility index (Phi) is 3.96. The number of ether oxygens (including phenoxy) is 3. The molecule has 5 nitrogen and oxygen atoms in total. The lowest BCUT2D eigenvalue weighted by Gasteiger charge is -2.45. The average Bonchev–Trinajstić information content (AvgIpc) is 2.73. The Morgan fingerprint density at radius 3 is 2.44 bits per heavy atom. The van der Waals surface area contributed by atoms with Gasteiger partial charge in [-0.15, -0.1) is 0 Å². The van der Waals surface area contributed by atoms with Crippen molar-refractivity contribution in [1.29, 1.82) is 0 Å². The van der Waals surface area contributed by atoms with Crippen LogP contribution in [0.15, 0.2) is 48.5 Å². The second kappa shape index (κ2) is 6.48. The summed E-state index contributed by atoms with van der Waals surface area (Å²) in [4.78, 5) is 14.8. The third kappa shape index (κ3) is 3.01. The van der Waals surface area contributed by atoms with E-state index >= 15 is 0 Å². The first-order valence-corrected chi connectivity index (χ1v) is 9.67. The molecule has 0 bridgehead atoms. The first-order chi connectivity index (χ1) is 13.2. The van der Waals surface area contributed by atoms with E-state index < -0.39 is 6.10 Å². The summed E-state index contributed by atoms with van der Waals surface area (Å²) in [6.07, 6.45) is 3.21. The van der Waals surface area contributed by atoms with Crippen LogP contribution >= 0.6 is 0 Å². The molecule has 3 aliphatic rings. The van der Waals surface area contributed by atoms with Crippen molar-refractivity contribution in [3.63, 3.8) is 0 Å². The normalized spacial score (nSPS) is 22.7. The average molecular weight is 365 g/mol. The van der Waals surface area contributed by atoms with Crippen molar-refractivity contribution < 1.29 is 19.0 Å². The Morgan fingerprint density at radius 1 is 0.926 bits per heavy atom. The molecule has 0 aromatic heterocycles. The summed E-state index contributed by atoms with van der Waals surface area (Å²) < 4.78 is 18.0. The number of fused-ring (bicyclic) bond motifs is 2. The van der Waals surface area contributed by atoms with Gasteiger partial charge in [-0.2, -0.15) is 0 Å². The van der Waals surface area contributed by atoms with E-state index in [2.05, 4.69) is 18.2 Å². The number of nitrogens with zero attached hydrogens (tertiary/aromatic N) is 1. The highest BCUT2D eigenvalue weighted by Crippen LogP contribution is 2.39. The molecule has 0 radical (unpaired) electrons. The number of carbonyl (C=O) groups excluding carboxylic acids is 1. The smallest absolute Gasteiger partial charge is 0.267 e. The van der Waals surface area contributed by atoms with E-state index in [1.165, 1.54) is 5.56 Å². The largest absolute Gasteiger partial charge is 0.487 e. The molecule has 5 heteroatoms. The Balaban J connectivity index is 1.23. The van der Waals surface area contributed by atoms with Crippen LogP contribution in [0, 0.1) is 0 Å².